The lowest BCUT2D eigenvalue weighted by Crippen LogP contribution is -2.42. The number of aromatic hydroxyl groups is 1. The third kappa shape index (κ3) is 5.69. The van der Waals surface area contributed by atoms with E-state index in [1.54, 1.807) is 25.1 Å². The van der Waals surface area contributed by atoms with Crippen LogP contribution in [0.5, 0.6) is 5.75 Å². The third-order valence-electron chi connectivity index (χ3n) is 5.28. The third-order valence-corrected chi connectivity index (χ3v) is 5.28. The molecule has 1 saturated heterocycles. The van der Waals surface area contributed by atoms with Crippen LogP contribution in [0, 0.1) is 0 Å². The molecule has 2 aromatic carbocycles. The van der Waals surface area contributed by atoms with Crippen LogP contribution < -0.4 is 10.6 Å². The number of likely N-dealkylation sites (tertiary alicyclic amines) is 1. The number of nitrogens with one attached hydrogen (secondary N) is 2. The van der Waals surface area contributed by atoms with Crippen LogP contribution >= 0.6 is 0 Å². The van der Waals surface area contributed by atoms with Gasteiger partial charge in [-0.3, -0.25) is 9.69 Å². The van der Waals surface area contributed by atoms with Gasteiger partial charge in [-0.25, -0.2) is 0 Å². The summed E-state index contributed by atoms with van der Waals surface area (Å²) in [6.07, 6.45) is 1.16. The zero-order valence-electron chi connectivity index (χ0n) is 16.6. The Morgan fingerprint density at radius 3 is 2.62 bits per heavy atom. The molecule has 0 aromatic heterocycles. The van der Waals surface area contributed by atoms with E-state index >= 15 is 0 Å². The molecule has 1 atom stereocenters. The number of carbonyl (C=O) groups is 1. The van der Waals surface area contributed by atoms with Crippen molar-refractivity contribution in [1.29, 1.82) is 0 Å². The maximum atomic E-state index is 12.4. The van der Waals surface area contributed by atoms with Crippen molar-refractivity contribution in [3.05, 3.63) is 53.6 Å². The van der Waals surface area contributed by atoms with E-state index in [2.05, 4.69) is 15.5 Å². The largest absolute Gasteiger partial charge is 0.508 e. The number of anilines is 2. The maximum Gasteiger partial charge on any atom is 0.238 e. The summed E-state index contributed by atoms with van der Waals surface area (Å²) in [6, 6.07) is 12.6. The summed E-state index contributed by atoms with van der Waals surface area (Å²) >= 11 is 0. The number of hydrogen-bond acceptors (Lipinski definition) is 6. The second-order valence-corrected chi connectivity index (χ2v) is 7.51. The fourth-order valence-electron chi connectivity index (χ4n) is 3.61. The van der Waals surface area contributed by atoms with E-state index < -0.39 is 6.10 Å². The lowest BCUT2D eigenvalue weighted by Gasteiger charge is -2.32. The summed E-state index contributed by atoms with van der Waals surface area (Å²) in [4.78, 5) is 14.5. The molecule has 7 heteroatoms. The van der Waals surface area contributed by atoms with E-state index in [0.29, 0.717) is 17.8 Å². The standard InChI is InChI=1S/C22H29N3O4/c1-15(27)16-4-2-5-18(12-16)24-22(29)13-25-10-8-17(9-11-25)23-20-6-3-7-21(28)19(20)14-26/h2-7,12,15,17,23,26-28H,8-11,13-14H2,1H3,(H,24,29). The number of nitrogens with zero attached hydrogens (tertiary/aromatic N) is 1. The molecule has 0 saturated carbocycles. The normalized spacial score (nSPS) is 16.4. The first-order valence-corrected chi connectivity index (χ1v) is 9.94. The Labute approximate surface area is 171 Å². The molecule has 2 aromatic rings. The van der Waals surface area contributed by atoms with E-state index in [-0.39, 0.29) is 24.3 Å². The van der Waals surface area contributed by atoms with Crippen molar-refractivity contribution in [2.24, 2.45) is 0 Å². The van der Waals surface area contributed by atoms with E-state index in [1.807, 2.05) is 24.3 Å². The molecule has 1 heterocycles. The molecule has 1 unspecified atom stereocenters. The highest BCUT2D eigenvalue weighted by Gasteiger charge is 2.22. The van der Waals surface area contributed by atoms with Gasteiger partial charge in [-0.2, -0.15) is 0 Å². The number of aliphatic hydroxyl groups excluding tert-OH is 2. The molecular formula is C22H29N3O4. The Kier molecular flexibility index (Phi) is 7.09. The second kappa shape index (κ2) is 9.73. The highest BCUT2D eigenvalue weighted by molar-refractivity contribution is 5.92. The van der Waals surface area contributed by atoms with Gasteiger partial charge in [-0.05, 0) is 49.6 Å². The highest BCUT2D eigenvalue weighted by Crippen LogP contribution is 2.27. The zero-order valence-corrected chi connectivity index (χ0v) is 16.6. The first kappa shape index (κ1) is 21.1. The summed E-state index contributed by atoms with van der Waals surface area (Å²) in [5.74, 6) is 0.0148. The van der Waals surface area contributed by atoms with Gasteiger partial charge in [0.2, 0.25) is 5.91 Å². The Morgan fingerprint density at radius 1 is 1.21 bits per heavy atom. The van der Waals surface area contributed by atoms with E-state index in [0.717, 1.165) is 37.2 Å². The molecule has 0 aliphatic carbocycles. The fourth-order valence-corrected chi connectivity index (χ4v) is 3.61. The van der Waals surface area contributed by atoms with E-state index in [4.69, 9.17) is 0 Å². The van der Waals surface area contributed by atoms with Gasteiger partial charge in [0.25, 0.3) is 0 Å². The zero-order chi connectivity index (χ0) is 20.8. The van der Waals surface area contributed by atoms with Crippen molar-refractivity contribution in [1.82, 2.24) is 4.90 Å². The summed E-state index contributed by atoms with van der Waals surface area (Å²) in [5.41, 5.74) is 2.71. The first-order chi connectivity index (χ1) is 14.0. The molecule has 3 rings (SSSR count). The molecule has 156 valence electrons. The SMILES string of the molecule is CC(O)c1cccc(NC(=O)CN2CCC(Nc3cccc(O)c3CO)CC2)c1. The molecule has 0 spiro atoms. The monoisotopic (exact) mass is 399 g/mol. The van der Waals surface area contributed by atoms with Gasteiger partial charge in [0.1, 0.15) is 5.75 Å². The van der Waals surface area contributed by atoms with Gasteiger partial charge in [0, 0.05) is 36.1 Å². The number of rotatable bonds is 7. The molecule has 7 nitrogen and oxygen atoms in total. The average Bonchev–Trinajstić information content (AvgIpc) is 2.70. The van der Waals surface area contributed by atoms with Gasteiger partial charge in [-0.15, -0.1) is 0 Å². The van der Waals surface area contributed by atoms with E-state index in [9.17, 15) is 20.1 Å². The van der Waals surface area contributed by atoms with Crippen LogP contribution in [-0.2, 0) is 11.4 Å². The Bertz CT molecular complexity index is 833. The minimum absolute atomic E-state index is 0.0744. The molecule has 1 amide bonds. The van der Waals surface area contributed by atoms with Gasteiger partial charge in [0.15, 0.2) is 0 Å². The van der Waals surface area contributed by atoms with Crippen molar-refractivity contribution in [3.63, 3.8) is 0 Å². The van der Waals surface area contributed by atoms with Crippen molar-refractivity contribution in [3.8, 4) is 5.75 Å². The molecule has 1 aliphatic heterocycles. The van der Waals surface area contributed by atoms with Gasteiger partial charge < -0.3 is 26.0 Å². The summed E-state index contributed by atoms with van der Waals surface area (Å²) in [5, 5.41) is 35.3. The number of aliphatic hydroxyl groups is 2. The lowest BCUT2D eigenvalue weighted by molar-refractivity contribution is -0.117. The Hall–Kier alpha value is -2.61. The van der Waals surface area contributed by atoms with Gasteiger partial charge in [0.05, 0.1) is 19.3 Å². The van der Waals surface area contributed by atoms with Crippen LogP contribution in [0.2, 0.25) is 0 Å². The minimum atomic E-state index is -0.573. The topological polar surface area (TPSA) is 105 Å². The number of carbonyl (C=O) groups excluding carboxylic acids is 1. The number of benzene rings is 2. The highest BCUT2D eigenvalue weighted by atomic mass is 16.3. The molecule has 5 N–H and O–H groups in total. The van der Waals surface area contributed by atoms with Crippen LogP contribution in [0.4, 0.5) is 11.4 Å². The molecule has 29 heavy (non-hydrogen) atoms. The van der Waals surface area contributed by atoms with Crippen molar-refractivity contribution >= 4 is 17.3 Å². The van der Waals surface area contributed by atoms with E-state index in [1.165, 1.54) is 0 Å². The first-order valence-electron chi connectivity index (χ1n) is 9.94. The fraction of sp³-hybridized carbons (Fsp3) is 0.409. The summed E-state index contributed by atoms with van der Waals surface area (Å²) in [6.45, 7) is 3.36. The van der Waals surface area contributed by atoms with Crippen molar-refractivity contribution in [2.75, 3.05) is 30.3 Å². The molecule has 0 bridgehead atoms. The average molecular weight is 399 g/mol. The Balaban J connectivity index is 1.48. The summed E-state index contributed by atoms with van der Waals surface area (Å²) < 4.78 is 0. The quantitative estimate of drug-likeness (QED) is 0.490. The van der Waals surface area contributed by atoms with Crippen LogP contribution in [0.15, 0.2) is 42.5 Å². The molecule has 0 radical (unpaired) electrons. The van der Waals surface area contributed by atoms with Crippen LogP contribution in [0.3, 0.4) is 0 Å². The molecular weight excluding hydrogens is 370 g/mol. The predicted molar refractivity (Wildman–Crippen MR) is 113 cm³/mol. The van der Waals surface area contributed by atoms with Gasteiger partial charge in [-0.1, -0.05) is 18.2 Å². The second-order valence-electron chi connectivity index (χ2n) is 7.51. The molecule has 1 aliphatic rings. The number of amides is 1. The van der Waals surface area contributed by atoms with Crippen LogP contribution in [0.25, 0.3) is 0 Å². The maximum absolute atomic E-state index is 12.4. The van der Waals surface area contributed by atoms with Crippen LogP contribution in [-0.4, -0.2) is 51.8 Å². The number of hydrogen-bond donors (Lipinski definition) is 5. The summed E-state index contributed by atoms with van der Waals surface area (Å²) in [7, 11) is 0. The number of piperidine rings is 1. The lowest BCUT2D eigenvalue weighted by atomic mass is 10.0. The Morgan fingerprint density at radius 2 is 1.93 bits per heavy atom. The minimum Gasteiger partial charge on any atom is -0.508 e. The van der Waals surface area contributed by atoms with Crippen molar-refractivity contribution < 1.29 is 20.1 Å². The smallest absolute Gasteiger partial charge is 0.238 e. The van der Waals surface area contributed by atoms with Crippen molar-refractivity contribution in [2.45, 2.75) is 38.5 Å². The van der Waals surface area contributed by atoms with Gasteiger partial charge >= 0.3 is 0 Å². The predicted octanol–water partition coefficient (Wildman–Crippen LogP) is 2.45. The molecule has 1 fully saturated rings. The number of phenols is 1. The van der Waals surface area contributed by atoms with Crippen LogP contribution in [0.1, 0.15) is 37.0 Å².